The molecular weight excluding hydrogens is 830 g/mol. The monoisotopic (exact) mass is 870 g/mol. The van der Waals surface area contributed by atoms with E-state index in [0.29, 0.717) is 55.8 Å². The van der Waals surface area contributed by atoms with Gasteiger partial charge in [0.15, 0.2) is 0 Å². The number of carboxylic acid groups (broad SMARTS) is 2. The third-order valence-electron chi connectivity index (χ3n) is 9.81. The molecule has 0 aliphatic rings. The molecule has 6 aromatic rings. The van der Waals surface area contributed by atoms with E-state index in [1.807, 2.05) is 0 Å². The molecule has 4 aromatic carbocycles. The van der Waals surface area contributed by atoms with E-state index in [1.165, 1.54) is 47.6 Å². The van der Waals surface area contributed by atoms with Gasteiger partial charge in [-0.1, -0.05) is 20.8 Å². The van der Waals surface area contributed by atoms with Crippen LogP contribution in [0, 0.1) is 19.3 Å². The number of carboxylic acids is 2. The van der Waals surface area contributed by atoms with E-state index in [2.05, 4.69) is 9.47 Å². The molecule has 2 heterocycles. The summed E-state index contributed by atoms with van der Waals surface area (Å²) in [6.07, 6.45) is -9.97. The number of rotatable bonds is 10. The highest BCUT2D eigenvalue weighted by Crippen LogP contribution is 2.43. The number of ether oxygens (including phenoxy) is 4. The molecule has 328 valence electrons. The smallest absolute Gasteiger partial charge is 0.497 e. The van der Waals surface area contributed by atoms with Crippen molar-refractivity contribution < 1.29 is 74.7 Å². The number of nitrogens with zero attached hydrogens (tertiary/aromatic N) is 2. The number of benzene rings is 4. The van der Waals surface area contributed by atoms with Crippen LogP contribution in [0.1, 0.15) is 69.9 Å². The van der Waals surface area contributed by atoms with Crippen molar-refractivity contribution >= 4 is 45.6 Å². The summed E-state index contributed by atoms with van der Waals surface area (Å²) in [5, 5.41) is 20.4. The molecule has 0 amide bonds. The van der Waals surface area contributed by atoms with Crippen molar-refractivity contribution in [3.63, 3.8) is 0 Å². The van der Waals surface area contributed by atoms with Gasteiger partial charge < -0.3 is 29.2 Å². The Labute approximate surface area is 349 Å². The van der Waals surface area contributed by atoms with Crippen LogP contribution in [-0.4, -0.2) is 70.0 Å². The number of halogens is 6. The Morgan fingerprint density at radius 2 is 0.984 bits per heavy atom. The Morgan fingerprint density at radius 3 is 1.35 bits per heavy atom. The summed E-state index contributed by atoms with van der Waals surface area (Å²) in [4.78, 5) is 50.0. The Bertz CT molecular complexity index is 2650. The van der Waals surface area contributed by atoms with Crippen LogP contribution in [0.3, 0.4) is 0 Å². The van der Waals surface area contributed by atoms with Gasteiger partial charge in [0.25, 0.3) is 11.8 Å². The molecule has 6 rings (SSSR count). The first kappa shape index (κ1) is 46.1. The topological polar surface area (TPSA) is 156 Å². The summed E-state index contributed by atoms with van der Waals surface area (Å²) in [7, 11) is 2.95. The maximum Gasteiger partial charge on any atom is 0.573 e. The molecule has 0 aliphatic carbocycles. The number of carbonyl (C=O) groups is 4. The van der Waals surface area contributed by atoms with Crippen LogP contribution in [0.15, 0.2) is 84.9 Å². The quantitative estimate of drug-likeness (QED) is 0.127. The highest BCUT2D eigenvalue weighted by Gasteiger charge is 2.38. The Balaban J connectivity index is 0.000000236. The van der Waals surface area contributed by atoms with Gasteiger partial charge in [-0.05, 0) is 115 Å². The zero-order chi connectivity index (χ0) is 46.1. The van der Waals surface area contributed by atoms with Crippen molar-refractivity contribution in [2.75, 3.05) is 14.2 Å². The molecule has 0 saturated heterocycles. The highest BCUT2D eigenvalue weighted by molar-refractivity contribution is 6.06. The average Bonchev–Trinajstić information content (AvgIpc) is 3.60. The molecule has 0 spiro atoms. The maximum absolute atomic E-state index is 13.4. The molecule has 0 saturated carbocycles. The van der Waals surface area contributed by atoms with Gasteiger partial charge in [-0.15, -0.1) is 26.3 Å². The van der Waals surface area contributed by atoms with Gasteiger partial charge >= 0.3 is 24.7 Å². The third-order valence-corrected chi connectivity index (χ3v) is 9.81. The Hall–Kier alpha value is -6.98. The van der Waals surface area contributed by atoms with E-state index in [1.54, 1.807) is 71.0 Å². The number of alkyl halides is 6. The molecule has 62 heavy (non-hydrogen) atoms. The zero-order valence-corrected chi connectivity index (χ0v) is 34.2. The fraction of sp³-hybridized carbons (Fsp3) is 0.273. The number of aromatic nitrogens is 2. The summed E-state index contributed by atoms with van der Waals surface area (Å²) in [5.41, 5.74) is 2.31. The van der Waals surface area contributed by atoms with Crippen molar-refractivity contribution in [3.05, 3.63) is 119 Å². The first-order chi connectivity index (χ1) is 28.8. The van der Waals surface area contributed by atoms with Gasteiger partial charge in [-0.2, -0.15) is 0 Å². The summed E-state index contributed by atoms with van der Waals surface area (Å²) < 4.78 is 95.1. The minimum absolute atomic E-state index is 0.120. The fourth-order valence-electron chi connectivity index (χ4n) is 7.18. The highest BCUT2D eigenvalue weighted by atomic mass is 19.4. The van der Waals surface area contributed by atoms with Crippen LogP contribution in [0.2, 0.25) is 0 Å². The van der Waals surface area contributed by atoms with Gasteiger partial charge in [-0.3, -0.25) is 28.3 Å². The molecule has 0 radical (unpaired) electrons. The van der Waals surface area contributed by atoms with E-state index in [4.69, 9.17) is 9.47 Å². The van der Waals surface area contributed by atoms with Crippen molar-refractivity contribution in [2.45, 2.75) is 59.7 Å². The van der Waals surface area contributed by atoms with Crippen LogP contribution in [0.4, 0.5) is 26.3 Å². The minimum atomic E-state index is -4.84. The van der Waals surface area contributed by atoms with Crippen LogP contribution in [0.25, 0.3) is 21.8 Å². The summed E-state index contributed by atoms with van der Waals surface area (Å²) in [5.74, 6) is -3.93. The van der Waals surface area contributed by atoms with E-state index < -0.39 is 59.3 Å². The van der Waals surface area contributed by atoms with Gasteiger partial charge in [0, 0.05) is 33.3 Å². The van der Waals surface area contributed by atoms with E-state index in [-0.39, 0.29) is 17.5 Å². The first-order valence-electron chi connectivity index (χ1n) is 18.5. The standard InChI is InChI=1S/C24H24F3NO5.C20H16F3NO5/c1-13-19(20(22(30)31)23(2,3)4)17-12-16(32-5)10-11-18(17)28(13)21(29)14-6-8-15(9-7-14)33-24(25,26)27;1-11-15(10-18(25)26)16-9-14(28-2)7-8-17(16)24(11)19(27)12-3-5-13(6-4-12)29-20(21,22)23/h6-12,20H,1-5H3,(H,30,31);3-9H,10H2,1-2H3,(H,25,26). The largest absolute Gasteiger partial charge is 0.573 e. The van der Waals surface area contributed by atoms with Crippen molar-refractivity contribution in [3.8, 4) is 23.0 Å². The number of methoxy groups -OCH3 is 2. The second-order valence-electron chi connectivity index (χ2n) is 15.0. The van der Waals surface area contributed by atoms with Crippen LogP contribution in [0.5, 0.6) is 23.0 Å². The Morgan fingerprint density at radius 1 is 0.597 bits per heavy atom. The molecule has 0 aliphatic heterocycles. The van der Waals surface area contributed by atoms with Crippen LogP contribution in [-0.2, 0) is 16.0 Å². The lowest BCUT2D eigenvalue weighted by Gasteiger charge is -2.28. The van der Waals surface area contributed by atoms with Gasteiger partial charge in [-0.25, -0.2) is 0 Å². The second kappa shape index (κ2) is 17.6. The zero-order valence-electron chi connectivity index (χ0n) is 34.2. The van der Waals surface area contributed by atoms with E-state index in [0.717, 1.165) is 24.3 Å². The van der Waals surface area contributed by atoms with Gasteiger partial charge in [0.2, 0.25) is 0 Å². The molecule has 1 atom stereocenters. The number of aliphatic carboxylic acids is 2. The number of carbonyl (C=O) groups excluding carboxylic acids is 2. The fourth-order valence-corrected chi connectivity index (χ4v) is 7.18. The molecule has 2 N–H and O–H groups in total. The number of hydrogen-bond acceptors (Lipinski definition) is 8. The summed E-state index contributed by atoms with van der Waals surface area (Å²) >= 11 is 0. The normalized spacial score (nSPS) is 12.3. The van der Waals surface area contributed by atoms with Crippen molar-refractivity contribution in [1.82, 2.24) is 9.13 Å². The van der Waals surface area contributed by atoms with Crippen molar-refractivity contribution in [2.24, 2.45) is 5.41 Å². The lowest BCUT2D eigenvalue weighted by molar-refractivity contribution is -0.275. The average molecular weight is 871 g/mol. The van der Waals surface area contributed by atoms with Gasteiger partial charge in [0.1, 0.15) is 23.0 Å². The maximum atomic E-state index is 13.4. The second-order valence-corrected chi connectivity index (χ2v) is 15.0. The summed E-state index contributed by atoms with van der Waals surface area (Å²) in [6, 6.07) is 19.0. The molecule has 18 heteroatoms. The van der Waals surface area contributed by atoms with Crippen molar-refractivity contribution in [1.29, 1.82) is 0 Å². The third kappa shape index (κ3) is 10.1. The number of hydrogen-bond donors (Lipinski definition) is 2. The summed E-state index contributed by atoms with van der Waals surface area (Å²) in [6.45, 7) is 8.67. The molecule has 2 aromatic heterocycles. The molecule has 0 fully saturated rings. The minimum Gasteiger partial charge on any atom is -0.497 e. The van der Waals surface area contributed by atoms with Crippen LogP contribution < -0.4 is 18.9 Å². The number of fused-ring (bicyclic) bond motifs is 2. The first-order valence-corrected chi connectivity index (χ1v) is 18.5. The molecule has 0 bridgehead atoms. The Kier molecular flexibility index (Phi) is 13.0. The predicted octanol–water partition coefficient (Wildman–Crippen LogP) is 9.93. The molecule has 12 nitrogen and oxygen atoms in total. The lowest BCUT2D eigenvalue weighted by atomic mass is 9.75. The van der Waals surface area contributed by atoms with Gasteiger partial charge in [0.05, 0.1) is 37.6 Å². The SMILES string of the molecule is COc1ccc2c(c1)c(C(C(=O)O)C(C)(C)C)c(C)n2C(=O)c1ccc(OC(F)(F)F)cc1.COc1ccc2c(c1)c(CC(=O)O)c(C)n2C(=O)c1ccc(OC(F)(F)F)cc1. The lowest BCUT2D eigenvalue weighted by Crippen LogP contribution is -2.27. The molecular formula is C44H40F6N2O10. The van der Waals surface area contributed by atoms with E-state index in [9.17, 15) is 55.7 Å². The molecule has 1 unspecified atom stereocenters. The van der Waals surface area contributed by atoms with Crippen LogP contribution >= 0.6 is 0 Å². The predicted molar refractivity (Wildman–Crippen MR) is 213 cm³/mol. The van der Waals surface area contributed by atoms with E-state index >= 15 is 0 Å².